The van der Waals surface area contributed by atoms with Crippen LogP contribution in [0.3, 0.4) is 0 Å². The summed E-state index contributed by atoms with van der Waals surface area (Å²) in [5, 5.41) is 6.94. The fourth-order valence-corrected chi connectivity index (χ4v) is 4.83. The van der Waals surface area contributed by atoms with Crippen LogP contribution in [0.1, 0.15) is 23.3 Å². The summed E-state index contributed by atoms with van der Waals surface area (Å²) in [6, 6.07) is 18.1. The Morgan fingerprint density at radius 1 is 0.912 bits per heavy atom. The second-order valence-electron chi connectivity index (χ2n) is 8.81. The Bertz CT molecular complexity index is 1380. The van der Waals surface area contributed by atoms with E-state index in [0.29, 0.717) is 44.1 Å². The second-order valence-corrected chi connectivity index (χ2v) is 8.81. The number of benzene rings is 2. The normalized spacial score (nSPS) is 18.6. The zero-order valence-electron chi connectivity index (χ0n) is 18.8. The van der Waals surface area contributed by atoms with Crippen LogP contribution < -0.4 is 0 Å². The van der Waals surface area contributed by atoms with Crippen molar-refractivity contribution in [2.45, 2.75) is 18.9 Å². The number of amides is 2. The van der Waals surface area contributed by atoms with Crippen molar-refractivity contribution < 1.29 is 14.3 Å². The second kappa shape index (κ2) is 8.53. The molecule has 2 aromatic carbocycles. The molecule has 2 aliphatic heterocycles. The third kappa shape index (κ3) is 3.70. The number of carbonyl (C=O) groups excluding carboxylic acids is 2. The summed E-state index contributed by atoms with van der Waals surface area (Å²) >= 11 is 0. The van der Waals surface area contributed by atoms with Crippen LogP contribution in [0.25, 0.3) is 27.7 Å². The molecule has 4 heterocycles. The van der Waals surface area contributed by atoms with Crippen molar-refractivity contribution in [2.75, 3.05) is 32.8 Å². The number of nitrogens with zero attached hydrogens (tertiary/aromatic N) is 5. The highest BCUT2D eigenvalue weighted by Crippen LogP contribution is 2.25. The van der Waals surface area contributed by atoms with Crippen LogP contribution in [-0.4, -0.2) is 75.1 Å². The monoisotopic (exact) mass is 455 g/mol. The molecule has 172 valence electrons. The number of carbonyl (C=O) groups is 2. The van der Waals surface area contributed by atoms with Gasteiger partial charge in [0.15, 0.2) is 11.3 Å². The molecule has 2 amide bonds. The number of rotatable bonds is 3. The van der Waals surface area contributed by atoms with Crippen molar-refractivity contribution in [3.8, 4) is 11.3 Å². The van der Waals surface area contributed by atoms with E-state index in [2.05, 4.69) is 40.4 Å². The van der Waals surface area contributed by atoms with Gasteiger partial charge in [0.2, 0.25) is 0 Å². The molecule has 8 heteroatoms. The Hall–Kier alpha value is -3.78. The van der Waals surface area contributed by atoms with Crippen LogP contribution in [0.15, 0.2) is 60.8 Å². The third-order valence-corrected chi connectivity index (χ3v) is 6.71. The third-order valence-electron chi connectivity index (χ3n) is 6.71. The van der Waals surface area contributed by atoms with E-state index < -0.39 is 0 Å². The molecule has 0 spiro atoms. The molecule has 4 aromatic rings. The molecule has 2 saturated heterocycles. The van der Waals surface area contributed by atoms with Gasteiger partial charge in [0.1, 0.15) is 6.10 Å². The minimum absolute atomic E-state index is 0.0431. The van der Waals surface area contributed by atoms with Crippen molar-refractivity contribution in [2.24, 2.45) is 0 Å². The molecule has 0 N–H and O–H groups in total. The lowest BCUT2D eigenvalue weighted by molar-refractivity contribution is -0.142. The standard InChI is InChI=1S/C26H25N5O3/c32-25(29-11-13-30(14-12-29)26(33)23-6-3-15-34-23)21-17-24-27-10-9-22(31(24)28-21)20-8-7-18-4-1-2-5-19(18)16-20/h1-2,4-5,7-10,16-17,23H,3,6,11-15H2. The van der Waals surface area contributed by atoms with Crippen LogP contribution >= 0.6 is 0 Å². The molecule has 0 bridgehead atoms. The highest BCUT2D eigenvalue weighted by molar-refractivity contribution is 5.94. The largest absolute Gasteiger partial charge is 0.368 e. The SMILES string of the molecule is O=C(c1cc2nccc(-c3ccc4ccccc4c3)n2n1)N1CCN(C(=O)C2CCCO2)CC1. The van der Waals surface area contributed by atoms with E-state index in [0.717, 1.165) is 29.5 Å². The summed E-state index contributed by atoms with van der Waals surface area (Å²) in [6.07, 6.45) is 3.13. The fourth-order valence-electron chi connectivity index (χ4n) is 4.83. The quantitative estimate of drug-likeness (QED) is 0.475. The van der Waals surface area contributed by atoms with Gasteiger partial charge in [-0.15, -0.1) is 0 Å². The molecular formula is C26H25N5O3. The highest BCUT2D eigenvalue weighted by atomic mass is 16.5. The number of fused-ring (bicyclic) bond motifs is 2. The average Bonchev–Trinajstić information content (AvgIpc) is 3.58. The predicted molar refractivity (Wildman–Crippen MR) is 127 cm³/mol. The van der Waals surface area contributed by atoms with Gasteiger partial charge in [-0.1, -0.05) is 36.4 Å². The molecule has 1 atom stereocenters. The first-order valence-corrected chi connectivity index (χ1v) is 11.7. The maximum Gasteiger partial charge on any atom is 0.274 e. The summed E-state index contributed by atoms with van der Waals surface area (Å²) in [6.45, 7) is 2.64. The zero-order valence-corrected chi connectivity index (χ0v) is 18.8. The summed E-state index contributed by atoms with van der Waals surface area (Å²) < 4.78 is 7.26. The lowest BCUT2D eigenvalue weighted by Crippen LogP contribution is -2.52. The van der Waals surface area contributed by atoms with Crippen LogP contribution in [0.5, 0.6) is 0 Å². The first-order valence-electron chi connectivity index (χ1n) is 11.7. The van der Waals surface area contributed by atoms with Crippen LogP contribution in [0.2, 0.25) is 0 Å². The molecule has 0 aliphatic carbocycles. The van der Waals surface area contributed by atoms with E-state index in [1.54, 1.807) is 21.7 Å². The van der Waals surface area contributed by atoms with E-state index in [4.69, 9.17) is 4.74 Å². The van der Waals surface area contributed by atoms with E-state index in [-0.39, 0.29) is 17.9 Å². The first kappa shape index (κ1) is 20.8. The van der Waals surface area contributed by atoms with Crippen molar-refractivity contribution >= 4 is 28.2 Å². The lowest BCUT2D eigenvalue weighted by atomic mass is 10.1. The van der Waals surface area contributed by atoms with Gasteiger partial charge < -0.3 is 14.5 Å². The van der Waals surface area contributed by atoms with E-state index in [1.807, 2.05) is 23.1 Å². The fraction of sp³-hybridized carbons (Fsp3) is 0.308. The molecule has 0 saturated carbocycles. The first-order chi connectivity index (χ1) is 16.7. The summed E-state index contributed by atoms with van der Waals surface area (Å²) in [7, 11) is 0. The van der Waals surface area contributed by atoms with Gasteiger partial charge in [-0.05, 0) is 35.7 Å². The number of hydrogen-bond acceptors (Lipinski definition) is 5. The number of ether oxygens (including phenoxy) is 1. The molecule has 6 rings (SSSR count). The summed E-state index contributed by atoms with van der Waals surface area (Å²) in [5.41, 5.74) is 2.87. The Morgan fingerprint density at radius 2 is 1.71 bits per heavy atom. The summed E-state index contributed by atoms with van der Waals surface area (Å²) in [4.78, 5) is 33.8. The van der Waals surface area contributed by atoms with Crippen molar-refractivity contribution in [1.82, 2.24) is 24.4 Å². The Kier molecular flexibility index (Phi) is 5.22. The molecule has 8 nitrogen and oxygen atoms in total. The Morgan fingerprint density at radius 3 is 2.50 bits per heavy atom. The highest BCUT2D eigenvalue weighted by Gasteiger charge is 2.32. The number of aromatic nitrogens is 3. The molecule has 2 aliphatic rings. The summed E-state index contributed by atoms with van der Waals surface area (Å²) in [5.74, 6) is -0.0965. The number of piperazine rings is 1. The molecular weight excluding hydrogens is 430 g/mol. The maximum absolute atomic E-state index is 13.2. The van der Waals surface area contributed by atoms with Crippen molar-refractivity contribution in [3.05, 3.63) is 66.5 Å². The van der Waals surface area contributed by atoms with Crippen LogP contribution in [-0.2, 0) is 9.53 Å². The lowest BCUT2D eigenvalue weighted by Gasteiger charge is -2.35. The van der Waals surface area contributed by atoms with Crippen LogP contribution in [0.4, 0.5) is 0 Å². The van der Waals surface area contributed by atoms with Gasteiger partial charge in [-0.25, -0.2) is 9.50 Å². The maximum atomic E-state index is 13.2. The van der Waals surface area contributed by atoms with E-state index in [1.165, 1.54) is 5.39 Å². The molecule has 2 aromatic heterocycles. The van der Waals surface area contributed by atoms with Crippen molar-refractivity contribution in [3.63, 3.8) is 0 Å². The van der Waals surface area contributed by atoms with E-state index >= 15 is 0 Å². The van der Waals surface area contributed by atoms with Gasteiger partial charge in [-0.2, -0.15) is 5.10 Å². The predicted octanol–water partition coefficient (Wildman–Crippen LogP) is 3.01. The van der Waals surface area contributed by atoms with Gasteiger partial charge >= 0.3 is 0 Å². The van der Waals surface area contributed by atoms with Crippen molar-refractivity contribution in [1.29, 1.82) is 0 Å². The number of hydrogen-bond donors (Lipinski definition) is 0. The zero-order chi connectivity index (χ0) is 23.1. The van der Waals surface area contributed by atoms with Gasteiger partial charge in [0.25, 0.3) is 11.8 Å². The Labute approximate surface area is 196 Å². The minimum atomic E-state index is -0.319. The molecule has 1 unspecified atom stereocenters. The average molecular weight is 456 g/mol. The van der Waals surface area contributed by atoms with Gasteiger partial charge in [0, 0.05) is 50.6 Å². The Balaban J connectivity index is 1.22. The minimum Gasteiger partial charge on any atom is -0.368 e. The van der Waals surface area contributed by atoms with E-state index in [9.17, 15) is 9.59 Å². The smallest absolute Gasteiger partial charge is 0.274 e. The van der Waals surface area contributed by atoms with Gasteiger partial charge in [0.05, 0.1) is 5.69 Å². The van der Waals surface area contributed by atoms with Crippen LogP contribution in [0, 0.1) is 0 Å². The molecule has 0 radical (unpaired) electrons. The topological polar surface area (TPSA) is 80.0 Å². The van der Waals surface area contributed by atoms with Gasteiger partial charge in [-0.3, -0.25) is 9.59 Å². The molecule has 2 fully saturated rings. The molecule has 34 heavy (non-hydrogen) atoms.